The van der Waals surface area contributed by atoms with Crippen molar-refractivity contribution in [3.63, 3.8) is 0 Å². The number of fused-ring (bicyclic) bond motifs is 1. The third kappa shape index (κ3) is 1.76. The number of nitriles is 1. The summed E-state index contributed by atoms with van der Waals surface area (Å²) in [7, 11) is 0. The first-order valence-corrected chi connectivity index (χ1v) is 4.27. The first-order chi connectivity index (χ1) is 7.31. The Bertz CT molecular complexity index is 539. The molecule has 2 heterocycles. The van der Waals surface area contributed by atoms with Crippen molar-refractivity contribution in [3.8, 4) is 6.07 Å². The molecule has 0 aliphatic carbocycles. The molecule has 0 fully saturated rings. The molecule has 0 saturated heterocycles. The van der Waals surface area contributed by atoms with E-state index in [4.69, 9.17) is 5.26 Å². The normalized spacial score (nSPS) is 9.80. The standard InChI is InChI=1S/C9H7N5O/c10-4-3-7(15)12-9-6-2-1-5-11-8(6)13-14-9/h1-2,5H,3H2,(H2,11,12,13,14,15). The highest BCUT2D eigenvalue weighted by molar-refractivity contribution is 5.99. The third-order valence-corrected chi connectivity index (χ3v) is 1.83. The number of hydrogen-bond donors (Lipinski definition) is 2. The van der Waals surface area contributed by atoms with Gasteiger partial charge in [0.1, 0.15) is 12.2 Å². The molecular formula is C9H7N5O. The molecule has 0 radical (unpaired) electrons. The predicted molar refractivity (Wildman–Crippen MR) is 52.7 cm³/mol. The Morgan fingerprint density at radius 1 is 1.67 bits per heavy atom. The van der Waals surface area contributed by atoms with E-state index in [9.17, 15) is 4.79 Å². The van der Waals surface area contributed by atoms with Crippen LogP contribution in [0.15, 0.2) is 18.3 Å². The second kappa shape index (κ2) is 3.75. The second-order valence-corrected chi connectivity index (χ2v) is 2.86. The number of nitrogens with one attached hydrogen (secondary N) is 2. The molecule has 2 aromatic rings. The Hall–Kier alpha value is -2.42. The predicted octanol–water partition coefficient (Wildman–Crippen LogP) is 0.810. The number of H-pyrrole nitrogens is 1. The van der Waals surface area contributed by atoms with E-state index < -0.39 is 0 Å². The highest BCUT2D eigenvalue weighted by atomic mass is 16.1. The van der Waals surface area contributed by atoms with Gasteiger partial charge in [0.25, 0.3) is 0 Å². The minimum absolute atomic E-state index is 0.180. The molecule has 2 N–H and O–H groups in total. The molecule has 0 aromatic carbocycles. The average molecular weight is 201 g/mol. The van der Waals surface area contributed by atoms with E-state index >= 15 is 0 Å². The van der Waals surface area contributed by atoms with Crippen LogP contribution >= 0.6 is 0 Å². The zero-order valence-electron chi connectivity index (χ0n) is 7.69. The number of hydrogen-bond acceptors (Lipinski definition) is 4. The van der Waals surface area contributed by atoms with Crippen molar-refractivity contribution < 1.29 is 4.79 Å². The molecule has 15 heavy (non-hydrogen) atoms. The van der Waals surface area contributed by atoms with Crippen molar-refractivity contribution in [1.29, 1.82) is 5.26 Å². The van der Waals surface area contributed by atoms with Crippen LogP contribution < -0.4 is 5.32 Å². The molecule has 1 amide bonds. The van der Waals surface area contributed by atoms with Gasteiger partial charge in [0.15, 0.2) is 5.65 Å². The number of carbonyl (C=O) groups excluding carboxylic acids is 1. The fourth-order valence-electron chi connectivity index (χ4n) is 1.20. The molecule has 0 aliphatic rings. The SMILES string of the molecule is N#CCC(=O)Nc1[nH]nc2ncccc12. The third-order valence-electron chi connectivity index (χ3n) is 1.83. The Balaban J connectivity index is 2.29. The maximum Gasteiger partial charge on any atom is 0.239 e. The van der Waals surface area contributed by atoms with Crippen LogP contribution in [0.3, 0.4) is 0 Å². The van der Waals surface area contributed by atoms with Gasteiger partial charge in [0.05, 0.1) is 11.5 Å². The summed E-state index contributed by atoms with van der Waals surface area (Å²) in [5.74, 6) is 0.102. The number of aromatic amines is 1. The number of pyridine rings is 1. The zero-order valence-corrected chi connectivity index (χ0v) is 7.69. The number of anilines is 1. The van der Waals surface area contributed by atoms with Crippen LogP contribution in [0.25, 0.3) is 11.0 Å². The lowest BCUT2D eigenvalue weighted by molar-refractivity contribution is -0.115. The van der Waals surface area contributed by atoms with Crippen LogP contribution in [0, 0.1) is 11.3 Å². The smallest absolute Gasteiger partial charge is 0.239 e. The lowest BCUT2D eigenvalue weighted by Crippen LogP contribution is -2.10. The van der Waals surface area contributed by atoms with E-state index in [2.05, 4.69) is 20.5 Å². The molecule has 2 rings (SSSR count). The molecule has 0 saturated carbocycles. The molecule has 2 aromatic heterocycles. The zero-order chi connectivity index (χ0) is 10.7. The van der Waals surface area contributed by atoms with E-state index in [1.54, 1.807) is 24.4 Å². The fraction of sp³-hybridized carbons (Fsp3) is 0.111. The van der Waals surface area contributed by atoms with Crippen LogP contribution in [0.1, 0.15) is 6.42 Å². The van der Waals surface area contributed by atoms with E-state index in [0.29, 0.717) is 11.5 Å². The van der Waals surface area contributed by atoms with Crippen molar-refractivity contribution in [2.75, 3.05) is 5.32 Å². The number of amides is 1. The van der Waals surface area contributed by atoms with Gasteiger partial charge in [-0.1, -0.05) is 0 Å². The summed E-state index contributed by atoms with van der Waals surface area (Å²) in [5.41, 5.74) is 0.532. The quantitative estimate of drug-likeness (QED) is 0.751. The van der Waals surface area contributed by atoms with Crippen molar-refractivity contribution in [2.45, 2.75) is 6.42 Å². The van der Waals surface area contributed by atoms with Crippen LogP contribution in [-0.2, 0) is 4.79 Å². The molecule has 74 valence electrons. The van der Waals surface area contributed by atoms with Gasteiger partial charge in [-0.25, -0.2) is 4.98 Å². The summed E-state index contributed by atoms with van der Waals surface area (Å²) in [5, 5.41) is 18.1. The van der Waals surface area contributed by atoms with Crippen LogP contribution in [0.2, 0.25) is 0 Å². The van der Waals surface area contributed by atoms with Gasteiger partial charge in [-0.15, -0.1) is 0 Å². The van der Waals surface area contributed by atoms with Gasteiger partial charge in [-0.3, -0.25) is 9.89 Å². The first kappa shape index (κ1) is 9.15. The van der Waals surface area contributed by atoms with Gasteiger partial charge in [0.2, 0.25) is 5.91 Å². The Morgan fingerprint density at radius 3 is 3.33 bits per heavy atom. The molecule has 0 atom stereocenters. The molecule has 0 unspecified atom stereocenters. The van der Waals surface area contributed by atoms with Crippen LogP contribution in [0.4, 0.5) is 5.82 Å². The molecular weight excluding hydrogens is 194 g/mol. The number of aromatic nitrogens is 3. The first-order valence-electron chi connectivity index (χ1n) is 4.27. The lowest BCUT2D eigenvalue weighted by atomic mass is 10.3. The van der Waals surface area contributed by atoms with Gasteiger partial charge >= 0.3 is 0 Å². The van der Waals surface area contributed by atoms with Gasteiger partial charge in [-0.2, -0.15) is 10.4 Å². The van der Waals surface area contributed by atoms with Crippen LogP contribution in [-0.4, -0.2) is 21.1 Å². The monoisotopic (exact) mass is 201 g/mol. The highest BCUT2D eigenvalue weighted by Gasteiger charge is 2.08. The number of nitrogens with zero attached hydrogens (tertiary/aromatic N) is 3. The second-order valence-electron chi connectivity index (χ2n) is 2.86. The largest absolute Gasteiger partial charge is 0.310 e. The van der Waals surface area contributed by atoms with Gasteiger partial charge in [0, 0.05) is 6.20 Å². The van der Waals surface area contributed by atoms with Crippen LogP contribution in [0.5, 0.6) is 0 Å². The summed E-state index contributed by atoms with van der Waals surface area (Å²) in [6.45, 7) is 0. The number of carbonyl (C=O) groups is 1. The minimum atomic E-state index is -0.369. The minimum Gasteiger partial charge on any atom is -0.310 e. The summed E-state index contributed by atoms with van der Waals surface area (Å²) < 4.78 is 0. The highest BCUT2D eigenvalue weighted by Crippen LogP contribution is 2.17. The summed E-state index contributed by atoms with van der Waals surface area (Å²) in [6.07, 6.45) is 1.44. The summed E-state index contributed by atoms with van der Waals surface area (Å²) in [6, 6.07) is 5.30. The molecule has 0 spiro atoms. The van der Waals surface area contributed by atoms with E-state index in [1.165, 1.54) is 0 Å². The summed E-state index contributed by atoms with van der Waals surface area (Å²) in [4.78, 5) is 15.1. The number of rotatable bonds is 2. The maximum atomic E-state index is 11.2. The Labute approximate surface area is 84.9 Å². The van der Waals surface area contributed by atoms with Crippen molar-refractivity contribution in [3.05, 3.63) is 18.3 Å². The summed E-state index contributed by atoms with van der Waals surface area (Å²) >= 11 is 0. The molecule has 6 heteroatoms. The topological polar surface area (TPSA) is 94.5 Å². The molecule has 6 nitrogen and oxygen atoms in total. The average Bonchev–Trinajstić information content (AvgIpc) is 2.62. The van der Waals surface area contributed by atoms with Crippen molar-refractivity contribution >= 4 is 22.8 Å². The van der Waals surface area contributed by atoms with Gasteiger partial charge in [-0.05, 0) is 12.1 Å². The molecule has 0 bridgehead atoms. The fourth-order valence-corrected chi connectivity index (χ4v) is 1.20. The molecule has 0 aliphatic heterocycles. The van der Waals surface area contributed by atoms with E-state index in [1.807, 2.05) is 0 Å². The Kier molecular flexibility index (Phi) is 2.29. The lowest BCUT2D eigenvalue weighted by Gasteiger charge is -1.98. The van der Waals surface area contributed by atoms with Crippen molar-refractivity contribution in [2.24, 2.45) is 0 Å². The maximum absolute atomic E-state index is 11.2. The van der Waals surface area contributed by atoms with E-state index in [-0.39, 0.29) is 12.3 Å². The Morgan fingerprint density at radius 2 is 2.53 bits per heavy atom. The van der Waals surface area contributed by atoms with E-state index in [0.717, 1.165) is 5.39 Å². The van der Waals surface area contributed by atoms with Crippen molar-refractivity contribution in [1.82, 2.24) is 15.2 Å². The van der Waals surface area contributed by atoms with Gasteiger partial charge < -0.3 is 5.32 Å².